The molecule has 3 N–H and O–H groups in total. The second-order valence-electron chi connectivity index (χ2n) is 5.96. The third kappa shape index (κ3) is 3.94. The minimum absolute atomic E-state index is 0.709. The molecule has 17 heavy (non-hydrogen) atoms. The van der Waals surface area contributed by atoms with Gasteiger partial charge in [0.2, 0.25) is 0 Å². The zero-order chi connectivity index (χ0) is 12.1. The van der Waals surface area contributed by atoms with Gasteiger partial charge in [-0.1, -0.05) is 19.8 Å². The summed E-state index contributed by atoms with van der Waals surface area (Å²) in [5.74, 6) is 1.84. The van der Waals surface area contributed by atoms with E-state index in [9.17, 15) is 0 Å². The Hall–Kier alpha value is -0.120. The molecule has 1 saturated carbocycles. The molecule has 0 radical (unpaired) electrons. The molecular formula is C14H29N3. The average Bonchev–Trinajstić information content (AvgIpc) is 2.27. The van der Waals surface area contributed by atoms with Gasteiger partial charge in [-0.25, -0.2) is 0 Å². The highest BCUT2D eigenvalue weighted by atomic mass is 15.2. The van der Waals surface area contributed by atoms with Crippen LogP contribution in [-0.2, 0) is 0 Å². The fourth-order valence-corrected chi connectivity index (χ4v) is 3.14. The summed E-state index contributed by atoms with van der Waals surface area (Å²) in [7, 11) is 0. The van der Waals surface area contributed by atoms with Crippen LogP contribution >= 0.6 is 0 Å². The smallest absolute Gasteiger partial charge is 0.0198 e. The lowest BCUT2D eigenvalue weighted by atomic mass is 9.85. The van der Waals surface area contributed by atoms with E-state index in [1.54, 1.807) is 0 Å². The predicted octanol–water partition coefficient (Wildman–Crippen LogP) is 1.44. The molecule has 1 aliphatic heterocycles. The van der Waals surface area contributed by atoms with Gasteiger partial charge in [0.05, 0.1) is 0 Å². The van der Waals surface area contributed by atoms with E-state index < -0.39 is 0 Å². The molecule has 0 spiro atoms. The zero-order valence-corrected chi connectivity index (χ0v) is 11.3. The number of piperidine rings is 1. The van der Waals surface area contributed by atoms with Gasteiger partial charge in [-0.2, -0.15) is 0 Å². The molecule has 3 nitrogen and oxygen atoms in total. The summed E-state index contributed by atoms with van der Waals surface area (Å²) in [4.78, 5) is 2.55. The number of nitrogens with two attached hydrogens (primary N) is 1. The summed E-state index contributed by atoms with van der Waals surface area (Å²) >= 11 is 0. The normalized spacial score (nSPS) is 31.4. The fourth-order valence-electron chi connectivity index (χ4n) is 3.14. The third-order valence-electron chi connectivity index (χ3n) is 4.56. The molecule has 0 bridgehead atoms. The Kier molecular flexibility index (Phi) is 5.26. The van der Waals surface area contributed by atoms with Gasteiger partial charge in [0.1, 0.15) is 0 Å². The lowest BCUT2D eigenvalue weighted by Gasteiger charge is -2.39. The SMILES string of the molecule is CCC1CC(NCC2CCC2)CN(CCN)C1. The van der Waals surface area contributed by atoms with Crippen molar-refractivity contribution in [1.82, 2.24) is 10.2 Å². The van der Waals surface area contributed by atoms with Gasteiger partial charge < -0.3 is 16.0 Å². The molecule has 2 unspecified atom stereocenters. The number of likely N-dealkylation sites (tertiary alicyclic amines) is 1. The van der Waals surface area contributed by atoms with Crippen LogP contribution in [0.2, 0.25) is 0 Å². The number of nitrogens with one attached hydrogen (secondary N) is 1. The summed E-state index contributed by atoms with van der Waals surface area (Å²) in [6, 6.07) is 0.709. The molecular weight excluding hydrogens is 210 g/mol. The van der Waals surface area contributed by atoms with E-state index in [0.717, 1.165) is 24.9 Å². The van der Waals surface area contributed by atoms with Crippen molar-refractivity contribution in [3.05, 3.63) is 0 Å². The van der Waals surface area contributed by atoms with Gasteiger partial charge >= 0.3 is 0 Å². The van der Waals surface area contributed by atoms with E-state index >= 15 is 0 Å². The van der Waals surface area contributed by atoms with Gasteiger partial charge in [0, 0.05) is 32.2 Å². The summed E-state index contributed by atoms with van der Waals surface area (Å²) in [5, 5.41) is 3.79. The lowest BCUT2D eigenvalue weighted by molar-refractivity contribution is 0.135. The first kappa shape index (κ1) is 13.3. The van der Waals surface area contributed by atoms with Crippen molar-refractivity contribution in [1.29, 1.82) is 0 Å². The minimum Gasteiger partial charge on any atom is -0.329 e. The van der Waals surface area contributed by atoms with Crippen molar-refractivity contribution in [2.24, 2.45) is 17.6 Å². The number of hydrogen-bond donors (Lipinski definition) is 2. The van der Waals surface area contributed by atoms with E-state index in [1.807, 2.05) is 0 Å². The maximum absolute atomic E-state index is 5.68. The molecule has 0 amide bonds. The minimum atomic E-state index is 0.709. The highest BCUT2D eigenvalue weighted by Gasteiger charge is 2.26. The van der Waals surface area contributed by atoms with Crippen molar-refractivity contribution in [2.45, 2.75) is 45.1 Å². The largest absolute Gasteiger partial charge is 0.329 e. The predicted molar refractivity (Wildman–Crippen MR) is 73.0 cm³/mol. The Morgan fingerprint density at radius 3 is 2.65 bits per heavy atom. The van der Waals surface area contributed by atoms with Gasteiger partial charge in [0.25, 0.3) is 0 Å². The average molecular weight is 239 g/mol. The molecule has 2 aliphatic rings. The van der Waals surface area contributed by atoms with Crippen LogP contribution in [0.1, 0.15) is 39.0 Å². The summed E-state index contributed by atoms with van der Waals surface area (Å²) < 4.78 is 0. The van der Waals surface area contributed by atoms with Gasteiger partial charge in [0.15, 0.2) is 0 Å². The van der Waals surface area contributed by atoms with E-state index in [0.29, 0.717) is 6.04 Å². The van der Waals surface area contributed by atoms with Gasteiger partial charge in [-0.15, -0.1) is 0 Å². The quantitative estimate of drug-likeness (QED) is 0.737. The van der Waals surface area contributed by atoms with Crippen LogP contribution in [0.3, 0.4) is 0 Å². The van der Waals surface area contributed by atoms with Gasteiger partial charge in [-0.05, 0) is 37.6 Å². The van der Waals surface area contributed by atoms with Crippen LogP contribution in [0.5, 0.6) is 0 Å². The maximum Gasteiger partial charge on any atom is 0.0198 e. The van der Waals surface area contributed by atoms with Crippen molar-refractivity contribution in [3.8, 4) is 0 Å². The standard InChI is InChI=1S/C14H29N3/c1-2-12-8-14(11-17(10-12)7-6-15)16-9-13-4-3-5-13/h12-14,16H,2-11,15H2,1H3. The highest BCUT2D eigenvalue weighted by molar-refractivity contribution is 4.84. The van der Waals surface area contributed by atoms with Crippen LogP contribution in [0, 0.1) is 11.8 Å². The Balaban J connectivity index is 1.74. The molecule has 0 aromatic carbocycles. The van der Waals surface area contributed by atoms with E-state index in [-0.39, 0.29) is 0 Å². The highest BCUT2D eigenvalue weighted by Crippen LogP contribution is 2.26. The molecule has 1 heterocycles. The van der Waals surface area contributed by atoms with Gasteiger partial charge in [-0.3, -0.25) is 0 Å². The number of hydrogen-bond acceptors (Lipinski definition) is 3. The van der Waals surface area contributed by atoms with Crippen LogP contribution in [0.25, 0.3) is 0 Å². The summed E-state index contributed by atoms with van der Waals surface area (Å²) in [6.07, 6.45) is 7.02. The van der Waals surface area contributed by atoms with Crippen LogP contribution < -0.4 is 11.1 Å². The maximum atomic E-state index is 5.68. The molecule has 3 heteroatoms. The molecule has 0 aromatic heterocycles. The lowest BCUT2D eigenvalue weighted by Crippen LogP contribution is -2.51. The van der Waals surface area contributed by atoms with Crippen LogP contribution in [-0.4, -0.2) is 43.7 Å². The Morgan fingerprint density at radius 2 is 2.06 bits per heavy atom. The monoisotopic (exact) mass is 239 g/mol. The van der Waals surface area contributed by atoms with Crippen molar-refractivity contribution in [2.75, 3.05) is 32.7 Å². The Labute approximate surface area is 106 Å². The van der Waals surface area contributed by atoms with Crippen molar-refractivity contribution in [3.63, 3.8) is 0 Å². The van der Waals surface area contributed by atoms with E-state index in [1.165, 1.54) is 51.7 Å². The summed E-state index contributed by atoms with van der Waals surface area (Å²) in [5.41, 5.74) is 5.68. The third-order valence-corrected chi connectivity index (χ3v) is 4.56. The topological polar surface area (TPSA) is 41.3 Å². The molecule has 2 rings (SSSR count). The first-order valence-corrected chi connectivity index (χ1v) is 7.47. The molecule has 1 saturated heterocycles. The molecule has 2 fully saturated rings. The molecule has 1 aliphatic carbocycles. The van der Waals surface area contributed by atoms with Crippen molar-refractivity contribution >= 4 is 0 Å². The number of rotatable bonds is 6. The van der Waals surface area contributed by atoms with E-state index in [4.69, 9.17) is 5.73 Å². The number of nitrogens with zero attached hydrogens (tertiary/aromatic N) is 1. The van der Waals surface area contributed by atoms with Crippen molar-refractivity contribution < 1.29 is 0 Å². The Morgan fingerprint density at radius 1 is 1.24 bits per heavy atom. The Bertz CT molecular complexity index is 216. The molecule has 100 valence electrons. The molecule has 2 atom stereocenters. The molecule has 0 aromatic rings. The first-order valence-electron chi connectivity index (χ1n) is 7.47. The van der Waals surface area contributed by atoms with Crippen LogP contribution in [0.4, 0.5) is 0 Å². The van der Waals surface area contributed by atoms with E-state index in [2.05, 4.69) is 17.1 Å². The summed E-state index contributed by atoms with van der Waals surface area (Å²) in [6.45, 7) is 7.90. The fraction of sp³-hybridized carbons (Fsp3) is 1.00. The second kappa shape index (κ2) is 6.72. The first-order chi connectivity index (χ1) is 8.31. The van der Waals surface area contributed by atoms with Crippen LogP contribution in [0.15, 0.2) is 0 Å². The second-order valence-corrected chi connectivity index (χ2v) is 5.96. The zero-order valence-electron chi connectivity index (χ0n) is 11.3.